The summed E-state index contributed by atoms with van der Waals surface area (Å²) in [5.41, 5.74) is 0. The standard InChI is InChI=1S/C7H12N2O2/c1-5-4-9(7(10)11-5)6-2-8-3-6/h5-6,8H,2-4H2,1H3/t5-/m1/s1. The Morgan fingerprint density at radius 3 is 2.73 bits per heavy atom. The fourth-order valence-electron chi connectivity index (χ4n) is 1.42. The Bertz CT molecular complexity index is 179. The zero-order chi connectivity index (χ0) is 7.84. The molecule has 1 amide bonds. The number of nitrogens with zero attached hydrogens (tertiary/aromatic N) is 1. The summed E-state index contributed by atoms with van der Waals surface area (Å²) in [7, 11) is 0. The molecular formula is C7H12N2O2. The quantitative estimate of drug-likeness (QED) is 0.571. The van der Waals surface area contributed by atoms with Crippen molar-refractivity contribution in [3.63, 3.8) is 0 Å². The minimum absolute atomic E-state index is 0.0723. The summed E-state index contributed by atoms with van der Waals surface area (Å²) >= 11 is 0. The minimum atomic E-state index is -0.149. The van der Waals surface area contributed by atoms with Crippen LogP contribution in [-0.4, -0.2) is 42.8 Å². The summed E-state index contributed by atoms with van der Waals surface area (Å²) in [5, 5.41) is 3.12. The molecule has 1 atom stereocenters. The third-order valence-corrected chi connectivity index (χ3v) is 2.19. The monoisotopic (exact) mass is 156 g/mol. The van der Waals surface area contributed by atoms with Crippen LogP contribution < -0.4 is 5.32 Å². The van der Waals surface area contributed by atoms with Gasteiger partial charge in [0.15, 0.2) is 0 Å². The molecule has 1 N–H and O–H groups in total. The van der Waals surface area contributed by atoms with Crippen LogP contribution in [0.25, 0.3) is 0 Å². The molecule has 11 heavy (non-hydrogen) atoms. The van der Waals surface area contributed by atoms with Crippen LogP contribution in [0.4, 0.5) is 4.79 Å². The highest BCUT2D eigenvalue weighted by Crippen LogP contribution is 2.15. The number of amides is 1. The van der Waals surface area contributed by atoms with Gasteiger partial charge in [-0.1, -0.05) is 0 Å². The maximum Gasteiger partial charge on any atom is 0.410 e. The average molecular weight is 156 g/mol. The summed E-state index contributed by atoms with van der Waals surface area (Å²) in [4.78, 5) is 12.9. The Kier molecular flexibility index (Phi) is 1.49. The summed E-state index contributed by atoms with van der Waals surface area (Å²) in [6.07, 6.45) is -0.0768. The van der Waals surface area contributed by atoms with E-state index in [1.807, 2.05) is 6.92 Å². The molecular weight excluding hydrogens is 144 g/mol. The molecule has 0 aromatic heterocycles. The highest BCUT2D eigenvalue weighted by atomic mass is 16.6. The number of carbonyl (C=O) groups excluding carboxylic acids is 1. The van der Waals surface area contributed by atoms with Crippen molar-refractivity contribution < 1.29 is 9.53 Å². The number of cyclic esters (lactones) is 1. The van der Waals surface area contributed by atoms with E-state index in [4.69, 9.17) is 4.74 Å². The van der Waals surface area contributed by atoms with Gasteiger partial charge in [-0.2, -0.15) is 0 Å². The number of carbonyl (C=O) groups is 1. The van der Waals surface area contributed by atoms with Crippen molar-refractivity contribution in [2.75, 3.05) is 19.6 Å². The van der Waals surface area contributed by atoms with Gasteiger partial charge < -0.3 is 10.1 Å². The van der Waals surface area contributed by atoms with Gasteiger partial charge in [-0.25, -0.2) is 4.79 Å². The van der Waals surface area contributed by atoms with E-state index < -0.39 is 0 Å². The van der Waals surface area contributed by atoms with E-state index in [0.29, 0.717) is 6.04 Å². The first-order valence-corrected chi connectivity index (χ1v) is 3.95. The molecule has 0 aromatic carbocycles. The zero-order valence-corrected chi connectivity index (χ0v) is 6.54. The van der Waals surface area contributed by atoms with Crippen molar-refractivity contribution in [1.82, 2.24) is 10.2 Å². The van der Waals surface area contributed by atoms with Crippen LogP contribution in [0.3, 0.4) is 0 Å². The molecule has 0 bridgehead atoms. The Balaban J connectivity index is 1.97. The zero-order valence-electron chi connectivity index (χ0n) is 6.54. The number of nitrogens with one attached hydrogen (secondary N) is 1. The number of ether oxygens (including phenoxy) is 1. The minimum Gasteiger partial charge on any atom is -0.444 e. The van der Waals surface area contributed by atoms with E-state index in [2.05, 4.69) is 5.32 Å². The lowest BCUT2D eigenvalue weighted by atomic mass is 10.1. The van der Waals surface area contributed by atoms with Crippen LogP contribution in [0.1, 0.15) is 6.92 Å². The molecule has 2 saturated heterocycles. The van der Waals surface area contributed by atoms with Crippen LogP contribution in [0.5, 0.6) is 0 Å². The molecule has 2 fully saturated rings. The average Bonchev–Trinajstić information content (AvgIpc) is 2.07. The Morgan fingerprint density at radius 2 is 2.36 bits per heavy atom. The molecule has 0 saturated carbocycles. The highest BCUT2D eigenvalue weighted by Gasteiger charge is 2.36. The van der Waals surface area contributed by atoms with Crippen molar-refractivity contribution in [1.29, 1.82) is 0 Å². The molecule has 2 aliphatic heterocycles. The first kappa shape index (κ1) is 6.91. The first-order chi connectivity index (χ1) is 5.27. The van der Waals surface area contributed by atoms with Crippen LogP contribution >= 0.6 is 0 Å². The second kappa shape index (κ2) is 2.37. The van der Waals surface area contributed by atoms with Gasteiger partial charge in [-0.3, -0.25) is 4.90 Å². The lowest BCUT2D eigenvalue weighted by Crippen LogP contribution is -2.57. The van der Waals surface area contributed by atoms with E-state index in [9.17, 15) is 4.79 Å². The maximum atomic E-state index is 11.1. The highest BCUT2D eigenvalue weighted by molar-refractivity contribution is 5.70. The molecule has 2 heterocycles. The summed E-state index contributed by atoms with van der Waals surface area (Å²) < 4.78 is 4.99. The lowest BCUT2D eigenvalue weighted by Gasteiger charge is -2.33. The first-order valence-electron chi connectivity index (χ1n) is 3.95. The molecule has 4 heteroatoms. The summed E-state index contributed by atoms with van der Waals surface area (Å²) in [6.45, 7) is 4.51. The molecule has 0 spiro atoms. The molecule has 2 aliphatic rings. The fourth-order valence-corrected chi connectivity index (χ4v) is 1.42. The van der Waals surface area contributed by atoms with E-state index in [0.717, 1.165) is 19.6 Å². The van der Waals surface area contributed by atoms with Gasteiger partial charge in [-0.15, -0.1) is 0 Å². The second-order valence-electron chi connectivity index (χ2n) is 3.16. The van der Waals surface area contributed by atoms with Gasteiger partial charge in [0, 0.05) is 13.1 Å². The van der Waals surface area contributed by atoms with Crippen LogP contribution in [0.2, 0.25) is 0 Å². The molecule has 0 unspecified atom stereocenters. The van der Waals surface area contributed by atoms with E-state index in [-0.39, 0.29) is 12.2 Å². The van der Waals surface area contributed by atoms with Crippen molar-refractivity contribution in [2.45, 2.75) is 19.1 Å². The largest absolute Gasteiger partial charge is 0.444 e. The lowest BCUT2D eigenvalue weighted by molar-refractivity contribution is 0.125. The van der Waals surface area contributed by atoms with Crippen LogP contribution in [0, 0.1) is 0 Å². The topological polar surface area (TPSA) is 41.6 Å². The van der Waals surface area contributed by atoms with Gasteiger partial charge >= 0.3 is 6.09 Å². The van der Waals surface area contributed by atoms with Crippen molar-refractivity contribution in [3.8, 4) is 0 Å². The smallest absolute Gasteiger partial charge is 0.410 e. The van der Waals surface area contributed by atoms with Gasteiger partial charge in [0.05, 0.1) is 12.6 Å². The Labute approximate surface area is 65.5 Å². The van der Waals surface area contributed by atoms with E-state index in [1.165, 1.54) is 0 Å². The van der Waals surface area contributed by atoms with Crippen molar-refractivity contribution in [3.05, 3.63) is 0 Å². The summed E-state index contributed by atoms with van der Waals surface area (Å²) in [5.74, 6) is 0. The molecule has 4 nitrogen and oxygen atoms in total. The fraction of sp³-hybridized carbons (Fsp3) is 0.857. The summed E-state index contributed by atoms with van der Waals surface area (Å²) in [6, 6.07) is 0.382. The molecule has 62 valence electrons. The van der Waals surface area contributed by atoms with Crippen LogP contribution in [0.15, 0.2) is 0 Å². The maximum absolute atomic E-state index is 11.1. The van der Waals surface area contributed by atoms with Gasteiger partial charge in [0.2, 0.25) is 0 Å². The number of hydrogen-bond acceptors (Lipinski definition) is 3. The predicted octanol–water partition coefficient (Wildman–Crippen LogP) is -0.201. The Hall–Kier alpha value is -0.770. The van der Waals surface area contributed by atoms with E-state index in [1.54, 1.807) is 4.90 Å². The van der Waals surface area contributed by atoms with Crippen LogP contribution in [-0.2, 0) is 4.74 Å². The number of hydrogen-bond donors (Lipinski definition) is 1. The third-order valence-electron chi connectivity index (χ3n) is 2.19. The predicted molar refractivity (Wildman–Crippen MR) is 39.3 cm³/mol. The van der Waals surface area contributed by atoms with Gasteiger partial charge in [-0.05, 0) is 6.92 Å². The SMILES string of the molecule is C[C@@H]1CN(C2CNC2)C(=O)O1. The van der Waals surface area contributed by atoms with Crippen molar-refractivity contribution in [2.24, 2.45) is 0 Å². The van der Waals surface area contributed by atoms with Gasteiger partial charge in [0.25, 0.3) is 0 Å². The molecule has 0 aliphatic carbocycles. The molecule has 0 aromatic rings. The second-order valence-corrected chi connectivity index (χ2v) is 3.16. The Morgan fingerprint density at radius 1 is 1.64 bits per heavy atom. The normalized spacial score (nSPS) is 31.9. The van der Waals surface area contributed by atoms with Gasteiger partial charge in [0.1, 0.15) is 6.10 Å². The van der Waals surface area contributed by atoms with Crippen molar-refractivity contribution >= 4 is 6.09 Å². The molecule has 0 radical (unpaired) electrons. The number of rotatable bonds is 1. The molecule has 2 rings (SSSR count). The third kappa shape index (κ3) is 1.07. The van der Waals surface area contributed by atoms with E-state index >= 15 is 0 Å².